The van der Waals surface area contributed by atoms with E-state index in [2.05, 4.69) is 12.2 Å². The van der Waals surface area contributed by atoms with E-state index < -0.39 is 10.0 Å². The summed E-state index contributed by atoms with van der Waals surface area (Å²) in [6, 6.07) is 16.7. The number of benzene rings is 2. The molecule has 0 spiro atoms. The van der Waals surface area contributed by atoms with E-state index >= 15 is 0 Å². The second-order valence-electron chi connectivity index (χ2n) is 7.58. The zero-order chi connectivity index (χ0) is 20.7. The van der Waals surface area contributed by atoms with Gasteiger partial charge in [0.25, 0.3) is 0 Å². The van der Waals surface area contributed by atoms with Crippen molar-refractivity contribution in [2.45, 2.75) is 56.4 Å². The number of nitrogens with one attached hydrogen (secondary N) is 1. The average Bonchev–Trinajstić information content (AvgIpc) is 2.77. The van der Waals surface area contributed by atoms with Crippen molar-refractivity contribution in [3.05, 3.63) is 65.7 Å². The van der Waals surface area contributed by atoms with Crippen molar-refractivity contribution in [3.63, 3.8) is 0 Å². The molecule has 0 saturated carbocycles. The lowest BCUT2D eigenvalue weighted by Gasteiger charge is -2.26. The molecular weight excluding hydrogens is 384 g/mol. The van der Waals surface area contributed by atoms with Gasteiger partial charge in [0, 0.05) is 19.6 Å². The number of piperidine rings is 1. The summed E-state index contributed by atoms with van der Waals surface area (Å²) >= 11 is 0. The lowest BCUT2D eigenvalue weighted by molar-refractivity contribution is -0.122. The van der Waals surface area contributed by atoms with Crippen molar-refractivity contribution >= 4 is 15.9 Å². The largest absolute Gasteiger partial charge is 0.351 e. The Morgan fingerprint density at radius 2 is 1.76 bits per heavy atom. The molecule has 3 rings (SSSR count). The summed E-state index contributed by atoms with van der Waals surface area (Å²) in [6.07, 6.45) is 4.59. The fraction of sp³-hybridized carbons (Fsp3) is 0.435. The Labute approximate surface area is 174 Å². The van der Waals surface area contributed by atoms with Crippen LogP contribution in [-0.2, 0) is 21.4 Å². The molecule has 6 heteroatoms. The second kappa shape index (κ2) is 10.0. The molecule has 2 aromatic carbocycles. The van der Waals surface area contributed by atoms with E-state index in [1.807, 2.05) is 36.4 Å². The van der Waals surface area contributed by atoms with Crippen LogP contribution in [0, 0.1) is 0 Å². The molecule has 29 heavy (non-hydrogen) atoms. The van der Waals surface area contributed by atoms with Crippen LogP contribution in [0.3, 0.4) is 0 Å². The minimum absolute atomic E-state index is 0.0256. The summed E-state index contributed by atoms with van der Waals surface area (Å²) in [5, 5.41) is 2.99. The third-order valence-electron chi connectivity index (χ3n) is 5.41. The van der Waals surface area contributed by atoms with Gasteiger partial charge in [-0.15, -0.1) is 0 Å². The SMILES string of the molecule is CCCC(C(=O)NCc1cccc(S(=O)(=O)N2CCCCC2)c1)c1ccccc1. The van der Waals surface area contributed by atoms with Crippen molar-refractivity contribution in [3.8, 4) is 0 Å². The van der Waals surface area contributed by atoms with E-state index in [-0.39, 0.29) is 11.8 Å². The highest BCUT2D eigenvalue weighted by Gasteiger charge is 2.26. The number of amides is 1. The van der Waals surface area contributed by atoms with E-state index in [1.165, 1.54) is 0 Å². The summed E-state index contributed by atoms with van der Waals surface area (Å²) in [5.41, 5.74) is 1.80. The molecule has 0 aliphatic carbocycles. The third-order valence-corrected chi connectivity index (χ3v) is 7.31. The molecule has 1 aliphatic rings. The molecule has 1 fully saturated rings. The molecule has 0 aromatic heterocycles. The average molecular weight is 415 g/mol. The normalized spacial score (nSPS) is 16.3. The number of carbonyl (C=O) groups excluding carboxylic acids is 1. The standard InChI is InChI=1S/C23H30N2O3S/c1-2-10-22(20-12-5-3-6-13-20)23(26)24-18-19-11-9-14-21(17-19)29(27,28)25-15-7-4-8-16-25/h3,5-6,9,11-14,17,22H,2,4,7-8,10,15-16,18H2,1H3,(H,24,26). The number of rotatable bonds is 8. The summed E-state index contributed by atoms with van der Waals surface area (Å²) in [5.74, 6) is -0.219. The van der Waals surface area contributed by atoms with Gasteiger partial charge in [-0.3, -0.25) is 4.79 Å². The lowest BCUT2D eigenvalue weighted by Crippen LogP contribution is -2.35. The van der Waals surface area contributed by atoms with Gasteiger partial charge in [-0.2, -0.15) is 4.31 Å². The van der Waals surface area contributed by atoms with E-state index in [1.54, 1.807) is 22.5 Å². The monoisotopic (exact) mass is 414 g/mol. The molecule has 1 unspecified atom stereocenters. The van der Waals surface area contributed by atoms with Crippen LogP contribution in [0.15, 0.2) is 59.5 Å². The van der Waals surface area contributed by atoms with Crippen molar-refractivity contribution in [2.75, 3.05) is 13.1 Å². The number of hydrogen-bond donors (Lipinski definition) is 1. The lowest BCUT2D eigenvalue weighted by atomic mass is 9.93. The predicted octanol–water partition coefficient (Wildman–Crippen LogP) is 4.06. The quantitative estimate of drug-likeness (QED) is 0.708. The summed E-state index contributed by atoms with van der Waals surface area (Å²) < 4.78 is 27.4. The topological polar surface area (TPSA) is 66.5 Å². The minimum Gasteiger partial charge on any atom is -0.351 e. The summed E-state index contributed by atoms with van der Waals surface area (Å²) in [7, 11) is -3.47. The van der Waals surface area contributed by atoms with Crippen LogP contribution in [0.4, 0.5) is 0 Å². The molecule has 0 bridgehead atoms. The van der Waals surface area contributed by atoms with E-state index in [9.17, 15) is 13.2 Å². The van der Waals surface area contributed by atoms with Gasteiger partial charge in [0.15, 0.2) is 0 Å². The highest BCUT2D eigenvalue weighted by Crippen LogP contribution is 2.23. The molecule has 0 radical (unpaired) electrons. The molecule has 1 heterocycles. The third kappa shape index (κ3) is 5.46. The fourth-order valence-electron chi connectivity index (χ4n) is 3.81. The Morgan fingerprint density at radius 3 is 2.45 bits per heavy atom. The summed E-state index contributed by atoms with van der Waals surface area (Å²) in [4.78, 5) is 13.1. The van der Waals surface area contributed by atoms with Gasteiger partial charge in [0.2, 0.25) is 15.9 Å². The molecule has 1 N–H and O–H groups in total. The van der Waals surface area contributed by atoms with Crippen LogP contribution >= 0.6 is 0 Å². The highest BCUT2D eigenvalue weighted by molar-refractivity contribution is 7.89. The molecule has 5 nitrogen and oxygen atoms in total. The zero-order valence-corrected chi connectivity index (χ0v) is 17.8. The maximum absolute atomic E-state index is 12.9. The Hall–Kier alpha value is -2.18. The van der Waals surface area contributed by atoms with E-state index in [4.69, 9.17) is 0 Å². The Bertz CT molecular complexity index is 907. The number of sulfonamides is 1. The Morgan fingerprint density at radius 1 is 1.03 bits per heavy atom. The van der Waals surface area contributed by atoms with Crippen LogP contribution in [0.25, 0.3) is 0 Å². The molecule has 1 saturated heterocycles. The molecule has 1 aliphatic heterocycles. The van der Waals surface area contributed by atoms with Crippen LogP contribution in [-0.4, -0.2) is 31.7 Å². The van der Waals surface area contributed by atoms with Crippen molar-refractivity contribution in [1.82, 2.24) is 9.62 Å². The van der Waals surface area contributed by atoms with Crippen molar-refractivity contribution in [1.29, 1.82) is 0 Å². The van der Waals surface area contributed by atoms with Crippen LogP contribution < -0.4 is 5.32 Å². The summed E-state index contributed by atoms with van der Waals surface area (Å²) in [6.45, 7) is 3.55. The molecule has 1 amide bonds. The molecule has 156 valence electrons. The second-order valence-corrected chi connectivity index (χ2v) is 9.52. The van der Waals surface area contributed by atoms with E-state index in [0.29, 0.717) is 24.5 Å². The van der Waals surface area contributed by atoms with Crippen molar-refractivity contribution < 1.29 is 13.2 Å². The number of hydrogen-bond acceptors (Lipinski definition) is 3. The maximum atomic E-state index is 12.9. The van der Waals surface area contributed by atoms with E-state index in [0.717, 1.165) is 43.2 Å². The van der Waals surface area contributed by atoms with Gasteiger partial charge in [-0.25, -0.2) is 8.42 Å². The first-order valence-corrected chi connectivity index (χ1v) is 11.9. The predicted molar refractivity (Wildman–Crippen MR) is 115 cm³/mol. The van der Waals surface area contributed by atoms with Crippen LogP contribution in [0.1, 0.15) is 56.1 Å². The fourth-order valence-corrected chi connectivity index (χ4v) is 5.39. The van der Waals surface area contributed by atoms with Gasteiger partial charge < -0.3 is 5.32 Å². The van der Waals surface area contributed by atoms with Crippen LogP contribution in [0.5, 0.6) is 0 Å². The van der Waals surface area contributed by atoms with Gasteiger partial charge in [-0.05, 0) is 42.5 Å². The van der Waals surface area contributed by atoms with Gasteiger partial charge in [0.05, 0.1) is 10.8 Å². The van der Waals surface area contributed by atoms with Crippen molar-refractivity contribution in [2.24, 2.45) is 0 Å². The molecular formula is C23H30N2O3S. The molecule has 1 atom stereocenters. The first-order valence-electron chi connectivity index (χ1n) is 10.4. The first kappa shape index (κ1) is 21.5. The zero-order valence-electron chi connectivity index (χ0n) is 17.0. The first-order chi connectivity index (χ1) is 14.0. The maximum Gasteiger partial charge on any atom is 0.243 e. The Kier molecular flexibility index (Phi) is 7.45. The number of carbonyl (C=O) groups is 1. The molecule has 2 aromatic rings. The smallest absolute Gasteiger partial charge is 0.243 e. The van der Waals surface area contributed by atoms with Crippen LogP contribution in [0.2, 0.25) is 0 Å². The van der Waals surface area contributed by atoms with Gasteiger partial charge in [-0.1, -0.05) is 62.2 Å². The number of nitrogens with zero attached hydrogens (tertiary/aromatic N) is 1. The highest BCUT2D eigenvalue weighted by atomic mass is 32.2. The van der Waals surface area contributed by atoms with Gasteiger partial charge >= 0.3 is 0 Å². The minimum atomic E-state index is -3.47. The van der Waals surface area contributed by atoms with Gasteiger partial charge in [0.1, 0.15) is 0 Å². The Balaban J connectivity index is 1.69.